The van der Waals surface area contributed by atoms with Crippen molar-refractivity contribution < 1.29 is 19.9 Å². The van der Waals surface area contributed by atoms with Gasteiger partial charge in [-0.2, -0.15) is 0 Å². The summed E-state index contributed by atoms with van der Waals surface area (Å²) in [6, 6.07) is 12.0. The van der Waals surface area contributed by atoms with Gasteiger partial charge in [-0.15, -0.1) is 0 Å². The fraction of sp³-hybridized carbons (Fsp3) is 0.136. The normalized spacial score (nSPS) is 13.3. The quantitative estimate of drug-likeness (QED) is 0.156. The van der Waals surface area contributed by atoms with Gasteiger partial charge in [0.25, 0.3) is 11.8 Å². The van der Waals surface area contributed by atoms with E-state index in [-0.39, 0.29) is 11.3 Å². The molecule has 2 amide bonds. The molecule has 1 unspecified atom stereocenters. The van der Waals surface area contributed by atoms with E-state index >= 15 is 0 Å². The predicted octanol–water partition coefficient (Wildman–Crippen LogP) is 0.903. The molecule has 0 saturated carbocycles. The monoisotopic (exact) mass is 419 g/mol. The maximum Gasteiger partial charge on any atom is 0.269 e. The zero-order valence-corrected chi connectivity index (χ0v) is 16.6. The van der Waals surface area contributed by atoms with Crippen molar-refractivity contribution in [3.05, 3.63) is 83.4 Å². The van der Waals surface area contributed by atoms with Crippen LogP contribution in [0.2, 0.25) is 0 Å². The lowest BCUT2D eigenvalue weighted by Gasteiger charge is -2.30. The van der Waals surface area contributed by atoms with Crippen LogP contribution in [0.15, 0.2) is 61.1 Å². The lowest BCUT2D eigenvalue weighted by Crippen LogP contribution is -2.57. The van der Waals surface area contributed by atoms with Crippen LogP contribution in [0.1, 0.15) is 34.1 Å². The number of benzene rings is 2. The second-order valence-corrected chi connectivity index (χ2v) is 6.94. The highest BCUT2D eigenvalue weighted by Crippen LogP contribution is 2.23. The Morgan fingerprint density at radius 1 is 1.10 bits per heavy atom. The number of hydrogen-bond acceptors (Lipinski definition) is 6. The molecule has 9 nitrogen and oxygen atoms in total. The molecule has 0 aliphatic carbocycles. The van der Waals surface area contributed by atoms with Crippen molar-refractivity contribution >= 4 is 17.5 Å². The number of carbonyl (C=O) groups is 2. The maximum atomic E-state index is 12.7. The van der Waals surface area contributed by atoms with Crippen LogP contribution in [-0.4, -0.2) is 38.1 Å². The lowest BCUT2D eigenvalue weighted by molar-refractivity contribution is -0.138. The van der Waals surface area contributed by atoms with E-state index in [1.54, 1.807) is 36.4 Å². The summed E-state index contributed by atoms with van der Waals surface area (Å²) in [7, 11) is 0. The van der Waals surface area contributed by atoms with E-state index in [1.807, 2.05) is 12.1 Å². The lowest BCUT2D eigenvalue weighted by atomic mass is 9.92. The van der Waals surface area contributed by atoms with E-state index in [0.717, 1.165) is 5.56 Å². The summed E-state index contributed by atoms with van der Waals surface area (Å²) in [6.45, 7) is 1.32. The maximum absolute atomic E-state index is 12.7. The van der Waals surface area contributed by atoms with E-state index in [9.17, 15) is 14.7 Å². The largest absolute Gasteiger partial charge is 0.399 e. The van der Waals surface area contributed by atoms with Crippen molar-refractivity contribution in [2.24, 2.45) is 0 Å². The molecule has 1 heterocycles. The fourth-order valence-corrected chi connectivity index (χ4v) is 2.84. The Morgan fingerprint density at radius 3 is 2.19 bits per heavy atom. The summed E-state index contributed by atoms with van der Waals surface area (Å²) in [4.78, 5) is 31.3. The number of nitrogens with zero attached hydrogens (tertiary/aromatic N) is 1. The van der Waals surface area contributed by atoms with Gasteiger partial charge in [0.05, 0.1) is 18.2 Å². The van der Waals surface area contributed by atoms with Gasteiger partial charge < -0.3 is 21.1 Å². The molecular weight excluding hydrogens is 398 g/mol. The Morgan fingerprint density at radius 2 is 1.68 bits per heavy atom. The van der Waals surface area contributed by atoms with Crippen LogP contribution in [0, 0.1) is 11.8 Å². The number of rotatable bonds is 5. The third-order valence-corrected chi connectivity index (χ3v) is 4.66. The Kier molecular flexibility index (Phi) is 6.35. The van der Waals surface area contributed by atoms with E-state index in [1.165, 1.54) is 24.9 Å². The van der Waals surface area contributed by atoms with Crippen LogP contribution in [0.5, 0.6) is 0 Å². The molecule has 0 aliphatic rings. The number of hydroxylamine groups is 1. The molecule has 3 aromatic rings. The molecular formula is C22H21N5O4. The predicted molar refractivity (Wildman–Crippen MR) is 113 cm³/mol. The van der Waals surface area contributed by atoms with Crippen molar-refractivity contribution in [3.8, 4) is 11.8 Å². The number of nitrogens with one attached hydrogen (secondary N) is 3. The average molecular weight is 419 g/mol. The van der Waals surface area contributed by atoms with Gasteiger partial charge in [0.15, 0.2) is 0 Å². The van der Waals surface area contributed by atoms with E-state index in [4.69, 9.17) is 10.9 Å². The summed E-state index contributed by atoms with van der Waals surface area (Å²) in [5.74, 6) is 4.38. The average Bonchev–Trinajstić information content (AvgIpc) is 3.32. The number of aromatic nitrogens is 2. The third kappa shape index (κ3) is 5.08. The molecule has 2 atom stereocenters. The number of anilines is 1. The van der Waals surface area contributed by atoms with Crippen molar-refractivity contribution in [3.63, 3.8) is 0 Å². The SMILES string of the molecule is CC(O)(c1cnc[nH]1)[C@H](NC(=O)c1ccc(C#Cc2ccc(N)cc2)cc1)C(=O)NO. The molecule has 1 aromatic heterocycles. The molecule has 0 bridgehead atoms. The van der Waals surface area contributed by atoms with Crippen molar-refractivity contribution in [1.29, 1.82) is 0 Å². The van der Waals surface area contributed by atoms with Crippen LogP contribution < -0.4 is 16.5 Å². The summed E-state index contributed by atoms with van der Waals surface area (Å²) in [5.41, 5.74) is 7.82. The second-order valence-electron chi connectivity index (χ2n) is 6.94. The Hall–Kier alpha value is -4.13. The first-order valence-electron chi connectivity index (χ1n) is 9.25. The number of hydrogen-bond donors (Lipinski definition) is 6. The molecule has 2 aromatic carbocycles. The zero-order valence-electron chi connectivity index (χ0n) is 16.6. The summed E-state index contributed by atoms with van der Waals surface area (Å²) >= 11 is 0. The summed E-state index contributed by atoms with van der Waals surface area (Å²) < 4.78 is 0. The van der Waals surface area contributed by atoms with E-state index < -0.39 is 23.5 Å². The first-order chi connectivity index (χ1) is 14.8. The van der Waals surface area contributed by atoms with Gasteiger partial charge in [0, 0.05) is 22.4 Å². The number of nitrogen functional groups attached to an aromatic ring is 1. The van der Waals surface area contributed by atoms with E-state index in [2.05, 4.69) is 27.1 Å². The molecule has 0 fully saturated rings. The second kappa shape index (κ2) is 9.13. The smallest absolute Gasteiger partial charge is 0.269 e. The molecule has 0 saturated heterocycles. The zero-order chi connectivity index (χ0) is 22.4. The highest BCUT2D eigenvalue weighted by molar-refractivity contribution is 5.97. The number of nitrogens with two attached hydrogens (primary N) is 1. The summed E-state index contributed by atoms with van der Waals surface area (Å²) in [6.07, 6.45) is 2.64. The number of aromatic amines is 1. The third-order valence-electron chi connectivity index (χ3n) is 4.66. The molecule has 7 N–H and O–H groups in total. The molecule has 0 radical (unpaired) electrons. The number of imidazole rings is 1. The highest BCUT2D eigenvalue weighted by atomic mass is 16.5. The van der Waals surface area contributed by atoms with Crippen molar-refractivity contribution in [1.82, 2.24) is 20.8 Å². The number of H-pyrrole nitrogens is 1. The first kappa shape index (κ1) is 21.6. The van der Waals surface area contributed by atoms with Gasteiger partial charge in [0.2, 0.25) is 0 Å². The minimum atomic E-state index is -1.86. The molecule has 9 heteroatoms. The van der Waals surface area contributed by atoms with Gasteiger partial charge in [-0.1, -0.05) is 11.8 Å². The van der Waals surface area contributed by atoms with Crippen molar-refractivity contribution in [2.45, 2.75) is 18.6 Å². The topological polar surface area (TPSA) is 153 Å². The van der Waals surface area contributed by atoms with Gasteiger partial charge in [-0.25, -0.2) is 10.5 Å². The Balaban J connectivity index is 1.75. The van der Waals surface area contributed by atoms with Crippen LogP contribution in [0.3, 0.4) is 0 Å². The molecule has 158 valence electrons. The standard InChI is InChI=1S/C22H21N5O4/c1-22(30,18-12-24-13-25-18)19(21(29)27-31)26-20(28)16-8-4-14(5-9-16)2-3-15-6-10-17(23)11-7-15/h4-13,19,30-31H,23H2,1H3,(H,24,25)(H,26,28)(H,27,29)/t19-,22?/m1/s1. The number of carbonyl (C=O) groups excluding carboxylic acids is 2. The van der Waals surface area contributed by atoms with Crippen LogP contribution in [0.25, 0.3) is 0 Å². The van der Waals surface area contributed by atoms with Gasteiger partial charge in [0.1, 0.15) is 11.6 Å². The first-order valence-corrected chi connectivity index (χ1v) is 9.25. The molecule has 0 aliphatic heterocycles. The summed E-state index contributed by atoms with van der Waals surface area (Å²) in [5, 5.41) is 22.3. The van der Waals surface area contributed by atoms with Gasteiger partial charge in [-0.05, 0) is 55.5 Å². The molecule has 3 rings (SSSR count). The van der Waals surface area contributed by atoms with Crippen LogP contribution >= 0.6 is 0 Å². The molecule has 31 heavy (non-hydrogen) atoms. The molecule has 0 spiro atoms. The minimum absolute atomic E-state index is 0.190. The van der Waals surface area contributed by atoms with Gasteiger partial charge >= 0.3 is 0 Å². The van der Waals surface area contributed by atoms with Crippen LogP contribution in [-0.2, 0) is 10.4 Å². The number of aliphatic hydroxyl groups is 1. The highest BCUT2D eigenvalue weighted by Gasteiger charge is 2.41. The van der Waals surface area contributed by atoms with E-state index in [0.29, 0.717) is 11.3 Å². The fourth-order valence-electron chi connectivity index (χ4n) is 2.84. The Bertz CT molecular complexity index is 1110. The van der Waals surface area contributed by atoms with Crippen molar-refractivity contribution in [2.75, 3.05) is 5.73 Å². The number of amides is 2. The Labute approximate surface area is 178 Å². The van der Waals surface area contributed by atoms with Gasteiger partial charge in [-0.3, -0.25) is 14.8 Å². The minimum Gasteiger partial charge on any atom is -0.399 e. The van der Waals surface area contributed by atoms with Crippen LogP contribution in [0.4, 0.5) is 5.69 Å².